The van der Waals surface area contributed by atoms with Gasteiger partial charge in [0.25, 0.3) is 0 Å². The average molecular weight is 280 g/mol. The van der Waals surface area contributed by atoms with E-state index in [4.69, 9.17) is 0 Å². The molecule has 0 saturated carbocycles. The van der Waals surface area contributed by atoms with E-state index in [-0.39, 0.29) is 17.7 Å². The van der Waals surface area contributed by atoms with Crippen LogP contribution in [0.4, 0.5) is 5.69 Å². The van der Waals surface area contributed by atoms with Crippen LogP contribution in [0.15, 0.2) is 5.03 Å². The fourth-order valence-corrected chi connectivity index (χ4v) is 3.75. The van der Waals surface area contributed by atoms with Gasteiger partial charge in [-0.2, -0.15) is 5.10 Å². The normalized spacial score (nSPS) is 22.3. The predicted octanol–water partition coefficient (Wildman–Crippen LogP) is 0.303. The van der Waals surface area contributed by atoms with Crippen molar-refractivity contribution in [2.24, 2.45) is 13.0 Å². The van der Waals surface area contributed by atoms with E-state index in [1.54, 1.807) is 16.7 Å². The number of nitrogens with one attached hydrogen (secondary N) is 1. The number of thioether (sulfide) groups is 1. The topological polar surface area (TPSA) is 67.2 Å². The van der Waals surface area contributed by atoms with Gasteiger partial charge in [-0.25, -0.2) is 0 Å². The third kappa shape index (κ3) is 2.01. The van der Waals surface area contributed by atoms with E-state index >= 15 is 0 Å². The molecule has 102 valence electrons. The van der Waals surface area contributed by atoms with Gasteiger partial charge < -0.3 is 10.2 Å². The summed E-state index contributed by atoms with van der Waals surface area (Å²) in [6, 6.07) is 0. The number of aryl methyl sites for hydroxylation is 2. The minimum absolute atomic E-state index is 0.0344. The van der Waals surface area contributed by atoms with Crippen LogP contribution in [0.1, 0.15) is 12.1 Å². The molecule has 0 aliphatic carbocycles. The van der Waals surface area contributed by atoms with E-state index in [9.17, 15) is 9.59 Å². The zero-order chi connectivity index (χ0) is 13.6. The Labute approximate surface area is 115 Å². The molecule has 1 fully saturated rings. The van der Waals surface area contributed by atoms with E-state index < -0.39 is 0 Å². The van der Waals surface area contributed by atoms with Gasteiger partial charge in [-0.05, 0) is 6.92 Å². The van der Waals surface area contributed by atoms with Crippen molar-refractivity contribution in [2.75, 3.05) is 23.7 Å². The van der Waals surface area contributed by atoms with Gasteiger partial charge in [0.1, 0.15) is 5.03 Å². The highest BCUT2D eigenvalue weighted by Gasteiger charge is 2.35. The molecule has 0 aromatic carbocycles. The maximum Gasteiger partial charge on any atom is 0.232 e. The predicted molar refractivity (Wildman–Crippen MR) is 72.1 cm³/mol. The quantitative estimate of drug-likeness (QED) is 0.803. The lowest BCUT2D eigenvalue weighted by atomic mass is 10.1. The van der Waals surface area contributed by atoms with Crippen molar-refractivity contribution in [1.82, 2.24) is 15.1 Å². The van der Waals surface area contributed by atoms with E-state index in [1.165, 1.54) is 0 Å². The van der Waals surface area contributed by atoms with E-state index in [0.717, 1.165) is 22.2 Å². The molecule has 0 spiro atoms. The Balaban J connectivity index is 1.91. The average Bonchev–Trinajstić information content (AvgIpc) is 2.94. The van der Waals surface area contributed by atoms with Crippen LogP contribution in [0.2, 0.25) is 0 Å². The second-order valence-electron chi connectivity index (χ2n) is 4.91. The van der Waals surface area contributed by atoms with Crippen molar-refractivity contribution in [3.8, 4) is 0 Å². The fourth-order valence-electron chi connectivity index (χ4n) is 2.66. The molecule has 1 N–H and O–H groups in total. The lowest BCUT2D eigenvalue weighted by molar-refractivity contribution is -0.124. The molecule has 0 bridgehead atoms. The molecule has 1 atom stereocenters. The molecule has 6 nitrogen and oxygen atoms in total. The van der Waals surface area contributed by atoms with Crippen molar-refractivity contribution in [3.63, 3.8) is 0 Å². The number of rotatable bonds is 1. The Kier molecular flexibility index (Phi) is 3.00. The minimum Gasteiger partial charge on any atom is -0.355 e. The van der Waals surface area contributed by atoms with E-state index in [1.807, 2.05) is 18.7 Å². The van der Waals surface area contributed by atoms with Gasteiger partial charge in [0.2, 0.25) is 11.8 Å². The van der Waals surface area contributed by atoms with Gasteiger partial charge in [-0.15, -0.1) is 11.8 Å². The lowest BCUT2D eigenvalue weighted by Gasteiger charge is -2.29. The molecular formula is C12H16N4O2S. The molecule has 1 saturated heterocycles. The van der Waals surface area contributed by atoms with Gasteiger partial charge in [-0.3, -0.25) is 14.3 Å². The van der Waals surface area contributed by atoms with E-state index in [2.05, 4.69) is 10.4 Å². The summed E-state index contributed by atoms with van der Waals surface area (Å²) in [5.41, 5.74) is 1.79. The second-order valence-corrected chi connectivity index (χ2v) is 5.99. The van der Waals surface area contributed by atoms with Crippen LogP contribution in [0.25, 0.3) is 0 Å². The Hall–Kier alpha value is -1.50. The molecule has 3 heterocycles. The maximum atomic E-state index is 12.6. The van der Waals surface area contributed by atoms with Gasteiger partial charge in [-0.1, -0.05) is 0 Å². The summed E-state index contributed by atoms with van der Waals surface area (Å²) in [5, 5.41) is 8.14. The Bertz CT molecular complexity index is 554. The zero-order valence-electron chi connectivity index (χ0n) is 11.0. The SMILES string of the molecule is Cc1nn(C)c2c1N(C(=O)C1CNC(=O)C1)CCS2. The minimum atomic E-state index is -0.233. The number of amides is 2. The van der Waals surface area contributed by atoms with Crippen LogP contribution in [-0.4, -0.2) is 40.4 Å². The molecule has 2 aliphatic rings. The molecule has 2 amide bonds. The monoisotopic (exact) mass is 280 g/mol. The molecule has 1 aromatic heterocycles. The van der Waals surface area contributed by atoms with Gasteiger partial charge >= 0.3 is 0 Å². The van der Waals surface area contributed by atoms with Crippen LogP contribution in [-0.2, 0) is 16.6 Å². The number of anilines is 1. The van der Waals surface area contributed by atoms with Crippen LogP contribution >= 0.6 is 11.8 Å². The highest BCUT2D eigenvalue weighted by Crippen LogP contribution is 2.37. The first-order valence-corrected chi connectivity index (χ1v) is 7.31. The van der Waals surface area contributed by atoms with Crippen molar-refractivity contribution in [1.29, 1.82) is 0 Å². The summed E-state index contributed by atoms with van der Waals surface area (Å²) in [5.74, 6) is 0.637. The van der Waals surface area contributed by atoms with Crippen LogP contribution < -0.4 is 10.2 Å². The van der Waals surface area contributed by atoms with Crippen molar-refractivity contribution in [3.05, 3.63) is 5.69 Å². The largest absolute Gasteiger partial charge is 0.355 e. The Morgan fingerprint density at radius 3 is 3.00 bits per heavy atom. The molecule has 2 aliphatic heterocycles. The first-order chi connectivity index (χ1) is 9.08. The van der Waals surface area contributed by atoms with E-state index in [0.29, 0.717) is 19.5 Å². The van der Waals surface area contributed by atoms with Crippen molar-refractivity contribution in [2.45, 2.75) is 18.4 Å². The number of aromatic nitrogens is 2. The van der Waals surface area contributed by atoms with Crippen molar-refractivity contribution < 1.29 is 9.59 Å². The molecule has 7 heteroatoms. The van der Waals surface area contributed by atoms with Gasteiger partial charge in [0.05, 0.1) is 17.3 Å². The van der Waals surface area contributed by atoms with Crippen molar-refractivity contribution >= 4 is 29.3 Å². The zero-order valence-corrected chi connectivity index (χ0v) is 11.8. The number of carbonyl (C=O) groups is 2. The Morgan fingerprint density at radius 2 is 2.32 bits per heavy atom. The molecule has 3 rings (SSSR count). The van der Waals surface area contributed by atoms with Crippen LogP contribution in [0.3, 0.4) is 0 Å². The standard InChI is InChI=1S/C12H16N4O2S/c1-7-10-12(15(2)14-7)19-4-3-16(10)11(18)8-5-9(17)13-6-8/h8H,3-6H2,1-2H3,(H,13,17). The second kappa shape index (κ2) is 4.56. The number of fused-ring (bicyclic) bond motifs is 1. The first kappa shape index (κ1) is 12.5. The lowest BCUT2D eigenvalue weighted by Crippen LogP contribution is -2.40. The first-order valence-electron chi connectivity index (χ1n) is 6.32. The smallest absolute Gasteiger partial charge is 0.232 e. The highest BCUT2D eigenvalue weighted by atomic mass is 32.2. The van der Waals surface area contributed by atoms with Gasteiger partial charge in [0, 0.05) is 32.3 Å². The molecule has 1 aromatic rings. The highest BCUT2D eigenvalue weighted by molar-refractivity contribution is 7.99. The fraction of sp³-hybridized carbons (Fsp3) is 0.583. The summed E-state index contributed by atoms with van der Waals surface area (Å²) >= 11 is 1.72. The van der Waals surface area contributed by atoms with Gasteiger partial charge in [0.15, 0.2) is 0 Å². The maximum absolute atomic E-state index is 12.6. The molecular weight excluding hydrogens is 264 g/mol. The summed E-state index contributed by atoms with van der Waals surface area (Å²) in [6.45, 7) is 3.06. The number of nitrogens with zero attached hydrogens (tertiary/aromatic N) is 3. The van der Waals surface area contributed by atoms with Crippen LogP contribution in [0, 0.1) is 12.8 Å². The summed E-state index contributed by atoms with van der Waals surface area (Å²) < 4.78 is 1.83. The number of carbonyl (C=O) groups excluding carboxylic acids is 2. The number of hydrogen-bond acceptors (Lipinski definition) is 4. The Morgan fingerprint density at radius 1 is 1.53 bits per heavy atom. The van der Waals surface area contributed by atoms with Crippen LogP contribution in [0.5, 0.6) is 0 Å². The molecule has 1 unspecified atom stereocenters. The third-order valence-electron chi connectivity index (χ3n) is 3.56. The summed E-state index contributed by atoms with van der Waals surface area (Å²) in [6.07, 6.45) is 0.303. The molecule has 0 radical (unpaired) electrons. The summed E-state index contributed by atoms with van der Waals surface area (Å²) in [7, 11) is 1.90. The number of hydrogen-bond donors (Lipinski definition) is 1. The molecule has 19 heavy (non-hydrogen) atoms. The summed E-state index contributed by atoms with van der Waals surface area (Å²) in [4.78, 5) is 25.6. The third-order valence-corrected chi connectivity index (χ3v) is 4.67.